The summed E-state index contributed by atoms with van der Waals surface area (Å²) in [5, 5.41) is 4.31. The molecule has 0 aliphatic carbocycles. The van der Waals surface area contributed by atoms with Gasteiger partial charge in [0.1, 0.15) is 0 Å². The van der Waals surface area contributed by atoms with E-state index in [4.69, 9.17) is 34.8 Å². The molecule has 2 amide bonds. The molecule has 1 N–H and O–H groups in total. The second-order valence-electron chi connectivity index (χ2n) is 7.26. The first-order chi connectivity index (χ1) is 13.7. The Morgan fingerprint density at radius 2 is 1.69 bits per heavy atom. The molecule has 0 radical (unpaired) electrons. The molecule has 4 rings (SSSR count). The Morgan fingerprint density at radius 3 is 2.28 bits per heavy atom. The van der Waals surface area contributed by atoms with E-state index in [1.165, 1.54) is 16.4 Å². The number of nitrogens with zero attached hydrogens (tertiary/aromatic N) is 2. The molecule has 0 atom stereocenters. The molecule has 2 aliphatic rings. The Labute approximate surface area is 184 Å². The van der Waals surface area contributed by atoms with Gasteiger partial charge in [0.2, 0.25) is 10.0 Å². The van der Waals surface area contributed by atoms with Crippen LogP contribution >= 0.6 is 34.8 Å². The molecule has 1 spiro atoms. The van der Waals surface area contributed by atoms with Crippen molar-refractivity contribution in [1.29, 1.82) is 0 Å². The summed E-state index contributed by atoms with van der Waals surface area (Å²) in [5.74, 6) is 0. The van der Waals surface area contributed by atoms with Crippen LogP contribution in [-0.2, 0) is 16.6 Å². The summed E-state index contributed by atoms with van der Waals surface area (Å²) in [5.41, 5.74) is 0.239. The smallest absolute Gasteiger partial charge is 0.317 e. The van der Waals surface area contributed by atoms with Gasteiger partial charge in [0.05, 0.1) is 10.4 Å². The van der Waals surface area contributed by atoms with E-state index in [0.29, 0.717) is 34.7 Å². The highest BCUT2D eigenvalue weighted by Crippen LogP contribution is 2.43. The van der Waals surface area contributed by atoms with Gasteiger partial charge in [0, 0.05) is 41.2 Å². The SMILES string of the molecule is O=C(NCc1ccc(Cl)cc1Cl)N1CC2(CCN2S(=O)(=O)c2ccc(Cl)cc2)C1. The molecule has 10 heteroatoms. The first-order valence-corrected chi connectivity index (χ1v) is 11.5. The van der Waals surface area contributed by atoms with E-state index < -0.39 is 15.6 Å². The zero-order valence-electron chi connectivity index (χ0n) is 15.2. The number of halogens is 3. The molecule has 0 aromatic heterocycles. The van der Waals surface area contributed by atoms with Crippen molar-refractivity contribution in [2.24, 2.45) is 0 Å². The van der Waals surface area contributed by atoms with E-state index in [1.807, 2.05) is 0 Å². The highest BCUT2D eigenvalue weighted by molar-refractivity contribution is 7.89. The van der Waals surface area contributed by atoms with Gasteiger partial charge in [0.25, 0.3) is 0 Å². The van der Waals surface area contributed by atoms with Crippen LogP contribution in [0.3, 0.4) is 0 Å². The van der Waals surface area contributed by atoms with Crippen LogP contribution in [0.15, 0.2) is 47.4 Å². The second-order valence-corrected chi connectivity index (χ2v) is 10.4. The fourth-order valence-corrected chi connectivity index (χ4v) is 6.08. The van der Waals surface area contributed by atoms with E-state index in [1.54, 1.807) is 35.2 Å². The monoisotopic (exact) mass is 473 g/mol. The molecular formula is C19H18Cl3N3O3S. The number of carbonyl (C=O) groups excluding carboxylic acids is 1. The molecule has 2 fully saturated rings. The topological polar surface area (TPSA) is 69.7 Å². The van der Waals surface area contributed by atoms with E-state index in [-0.39, 0.29) is 17.5 Å². The van der Waals surface area contributed by atoms with Gasteiger partial charge in [-0.05, 0) is 48.4 Å². The van der Waals surface area contributed by atoms with Crippen LogP contribution in [-0.4, -0.2) is 48.8 Å². The zero-order chi connectivity index (χ0) is 20.8. The lowest BCUT2D eigenvalue weighted by atomic mass is 9.80. The maximum Gasteiger partial charge on any atom is 0.317 e. The molecule has 0 saturated carbocycles. The van der Waals surface area contributed by atoms with Crippen molar-refractivity contribution in [3.63, 3.8) is 0 Å². The molecule has 2 heterocycles. The normalized spacial score (nSPS) is 18.2. The van der Waals surface area contributed by atoms with Gasteiger partial charge >= 0.3 is 6.03 Å². The highest BCUT2D eigenvalue weighted by Gasteiger charge is 2.59. The lowest BCUT2D eigenvalue weighted by molar-refractivity contribution is -0.0501. The molecule has 6 nitrogen and oxygen atoms in total. The van der Waals surface area contributed by atoms with Gasteiger partial charge < -0.3 is 10.2 Å². The Balaban J connectivity index is 1.37. The fraction of sp³-hybridized carbons (Fsp3) is 0.316. The minimum atomic E-state index is -3.62. The second kappa shape index (κ2) is 7.63. The number of likely N-dealkylation sites (tertiary alicyclic amines) is 1. The summed E-state index contributed by atoms with van der Waals surface area (Å²) in [4.78, 5) is 14.2. The Morgan fingerprint density at radius 1 is 1.03 bits per heavy atom. The average Bonchev–Trinajstić information content (AvgIpc) is 2.59. The standard InChI is InChI=1S/C19H18Cl3N3O3S/c20-14-3-5-16(6-4-14)29(27,28)25-8-7-19(25)11-24(12-19)18(26)23-10-13-1-2-15(21)9-17(13)22/h1-6,9H,7-8,10-12H2,(H,23,26). The van der Waals surface area contributed by atoms with E-state index >= 15 is 0 Å². The third kappa shape index (κ3) is 3.82. The first-order valence-electron chi connectivity index (χ1n) is 8.96. The number of urea groups is 1. The fourth-order valence-electron chi connectivity index (χ4n) is 3.70. The van der Waals surface area contributed by atoms with E-state index in [2.05, 4.69) is 5.32 Å². The lowest BCUT2D eigenvalue weighted by Crippen LogP contribution is -2.78. The van der Waals surface area contributed by atoms with Crippen molar-refractivity contribution in [1.82, 2.24) is 14.5 Å². The molecule has 2 aromatic rings. The minimum absolute atomic E-state index is 0.209. The van der Waals surface area contributed by atoms with Crippen LogP contribution in [0.25, 0.3) is 0 Å². The number of carbonyl (C=O) groups is 1. The average molecular weight is 475 g/mol. The number of rotatable bonds is 4. The maximum atomic E-state index is 12.9. The predicted molar refractivity (Wildman–Crippen MR) is 113 cm³/mol. The lowest BCUT2D eigenvalue weighted by Gasteiger charge is -2.61. The summed E-state index contributed by atoms with van der Waals surface area (Å²) in [7, 11) is -3.62. The summed E-state index contributed by atoms with van der Waals surface area (Å²) in [6, 6.07) is 11.0. The van der Waals surface area contributed by atoms with E-state index in [9.17, 15) is 13.2 Å². The Bertz CT molecular complexity index is 1050. The molecule has 2 aromatic carbocycles. The van der Waals surface area contributed by atoms with Gasteiger partial charge in [-0.2, -0.15) is 4.31 Å². The molecular weight excluding hydrogens is 457 g/mol. The van der Waals surface area contributed by atoms with Crippen molar-refractivity contribution in [2.75, 3.05) is 19.6 Å². The van der Waals surface area contributed by atoms with Crippen molar-refractivity contribution < 1.29 is 13.2 Å². The van der Waals surface area contributed by atoms with Crippen molar-refractivity contribution in [3.05, 3.63) is 63.1 Å². The molecule has 0 bridgehead atoms. The van der Waals surface area contributed by atoms with Gasteiger partial charge in [-0.1, -0.05) is 40.9 Å². The number of hydrogen-bond donors (Lipinski definition) is 1. The molecule has 2 aliphatic heterocycles. The first kappa shape index (κ1) is 20.8. The summed E-state index contributed by atoms with van der Waals surface area (Å²) in [6.07, 6.45) is 0.729. The van der Waals surface area contributed by atoms with Crippen LogP contribution in [0.4, 0.5) is 4.79 Å². The molecule has 29 heavy (non-hydrogen) atoms. The van der Waals surface area contributed by atoms with Crippen LogP contribution in [0.2, 0.25) is 15.1 Å². The third-order valence-electron chi connectivity index (χ3n) is 5.41. The summed E-state index contributed by atoms with van der Waals surface area (Å²) in [6.45, 7) is 1.44. The van der Waals surface area contributed by atoms with Crippen molar-refractivity contribution >= 4 is 50.9 Å². The quantitative estimate of drug-likeness (QED) is 0.728. The van der Waals surface area contributed by atoms with E-state index in [0.717, 1.165) is 12.0 Å². The van der Waals surface area contributed by atoms with Crippen LogP contribution in [0, 0.1) is 0 Å². The predicted octanol–water partition coefficient (Wildman–Crippen LogP) is 4.01. The Hall–Kier alpha value is -1.51. The van der Waals surface area contributed by atoms with Crippen molar-refractivity contribution in [3.8, 4) is 0 Å². The largest absolute Gasteiger partial charge is 0.334 e. The third-order valence-corrected chi connectivity index (χ3v) is 8.27. The maximum absolute atomic E-state index is 12.9. The number of benzene rings is 2. The summed E-state index contributed by atoms with van der Waals surface area (Å²) >= 11 is 17.9. The van der Waals surface area contributed by atoms with Gasteiger partial charge in [-0.3, -0.25) is 0 Å². The summed E-state index contributed by atoms with van der Waals surface area (Å²) < 4.78 is 27.3. The minimum Gasteiger partial charge on any atom is -0.334 e. The highest BCUT2D eigenvalue weighted by atomic mass is 35.5. The van der Waals surface area contributed by atoms with Crippen LogP contribution in [0.5, 0.6) is 0 Å². The Kier molecular flexibility index (Phi) is 5.46. The number of nitrogens with one attached hydrogen (secondary N) is 1. The van der Waals surface area contributed by atoms with Crippen LogP contribution in [0.1, 0.15) is 12.0 Å². The number of hydrogen-bond acceptors (Lipinski definition) is 3. The molecule has 2 saturated heterocycles. The van der Waals surface area contributed by atoms with Gasteiger partial charge in [-0.15, -0.1) is 0 Å². The number of amides is 2. The zero-order valence-corrected chi connectivity index (χ0v) is 18.3. The van der Waals surface area contributed by atoms with Gasteiger partial charge in [-0.25, -0.2) is 13.2 Å². The van der Waals surface area contributed by atoms with Gasteiger partial charge in [0.15, 0.2) is 0 Å². The van der Waals surface area contributed by atoms with Crippen LogP contribution < -0.4 is 5.32 Å². The van der Waals surface area contributed by atoms with Crippen molar-refractivity contribution in [2.45, 2.75) is 23.4 Å². The molecule has 154 valence electrons. The molecule has 0 unspecified atom stereocenters. The number of sulfonamides is 1.